The van der Waals surface area contributed by atoms with Crippen LogP contribution in [0.15, 0.2) is 80.7 Å². The number of carbonyl (C=O) groups is 2. The van der Waals surface area contributed by atoms with Gasteiger partial charge in [0.1, 0.15) is 12.4 Å². The molecule has 0 radical (unpaired) electrons. The van der Waals surface area contributed by atoms with Crippen LogP contribution in [0.5, 0.6) is 5.75 Å². The molecular weight excluding hydrogens is 630 g/mol. The summed E-state index contributed by atoms with van der Waals surface area (Å²) in [7, 11) is 1.86. The molecule has 2 aromatic heterocycles. The van der Waals surface area contributed by atoms with Gasteiger partial charge in [0, 0.05) is 22.8 Å². The van der Waals surface area contributed by atoms with Gasteiger partial charge in [-0.05, 0) is 48.9 Å². The first-order valence-corrected chi connectivity index (χ1v) is 15.8. The molecule has 40 heavy (non-hydrogen) atoms. The van der Waals surface area contributed by atoms with Crippen molar-refractivity contribution in [3.63, 3.8) is 0 Å². The summed E-state index contributed by atoms with van der Waals surface area (Å²) >= 11 is 7.61. The summed E-state index contributed by atoms with van der Waals surface area (Å²) in [6.45, 7) is 2.28. The lowest BCUT2D eigenvalue weighted by molar-refractivity contribution is -0.113. The molecule has 0 aliphatic rings. The van der Waals surface area contributed by atoms with Gasteiger partial charge in [0.2, 0.25) is 5.91 Å². The molecule has 0 aliphatic carbocycles. The van der Waals surface area contributed by atoms with Crippen molar-refractivity contribution < 1.29 is 14.3 Å². The standard InChI is InChI=1S/C28H24BrN5O3S3/c1-17-5-3-4-6-23(17)37-14-25-32-33-27(34(25)2)38-16-26(36)30-20-11-12-21-24(13-20)40-28(31-21)39-15-22(35)18-7-9-19(29)10-8-18/h3-13H,14-16H2,1-2H3,(H,30,36). The summed E-state index contributed by atoms with van der Waals surface area (Å²) in [5.41, 5.74) is 3.24. The minimum absolute atomic E-state index is 0.0519. The predicted molar refractivity (Wildman–Crippen MR) is 165 cm³/mol. The lowest BCUT2D eigenvalue weighted by Gasteiger charge is -2.08. The highest BCUT2D eigenvalue weighted by Gasteiger charge is 2.14. The van der Waals surface area contributed by atoms with Crippen LogP contribution in [0.3, 0.4) is 0 Å². The Balaban J connectivity index is 1.13. The van der Waals surface area contributed by atoms with Crippen LogP contribution >= 0.6 is 50.8 Å². The fourth-order valence-corrected chi connectivity index (χ4v) is 6.67. The van der Waals surface area contributed by atoms with E-state index in [2.05, 4.69) is 36.4 Å². The number of nitrogens with one attached hydrogen (secondary N) is 1. The van der Waals surface area contributed by atoms with Crippen molar-refractivity contribution in [2.75, 3.05) is 16.8 Å². The van der Waals surface area contributed by atoms with E-state index >= 15 is 0 Å². The Kier molecular flexibility index (Phi) is 9.20. The van der Waals surface area contributed by atoms with Gasteiger partial charge >= 0.3 is 0 Å². The molecule has 0 bridgehead atoms. The molecule has 1 N–H and O–H groups in total. The number of ketones is 1. The summed E-state index contributed by atoms with van der Waals surface area (Å²) in [5.74, 6) is 1.88. The fourth-order valence-electron chi connectivity index (χ4n) is 3.67. The molecule has 0 spiro atoms. The van der Waals surface area contributed by atoms with E-state index in [4.69, 9.17) is 4.74 Å². The van der Waals surface area contributed by atoms with Gasteiger partial charge in [-0.15, -0.1) is 21.5 Å². The third-order valence-corrected chi connectivity index (χ3v) is 9.56. The van der Waals surface area contributed by atoms with Crippen LogP contribution in [-0.2, 0) is 18.4 Å². The van der Waals surface area contributed by atoms with E-state index in [-0.39, 0.29) is 24.1 Å². The van der Waals surface area contributed by atoms with E-state index in [0.29, 0.717) is 28.0 Å². The van der Waals surface area contributed by atoms with Crippen LogP contribution < -0.4 is 10.1 Å². The van der Waals surface area contributed by atoms with Gasteiger partial charge in [-0.2, -0.15) is 0 Å². The number of halogens is 1. The molecule has 5 rings (SSSR count). The molecule has 0 unspecified atom stereocenters. The fraction of sp³-hybridized carbons (Fsp3) is 0.179. The number of hydrogen-bond acceptors (Lipinski definition) is 9. The second-order valence-electron chi connectivity index (χ2n) is 8.73. The zero-order valence-corrected chi connectivity index (χ0v) is 25.6. The van der Waals surface area contributed by atoms with E-state index < -0.39 is 0 Å². The Morgan fingerprint density at radius 2 is 1.82 bits per heavy atom. The molecule has 0 saturated heterocycles. The number of aryl methyl sites for hydroxylation is 1. The molecule has 0 fully saturated rings. The average Bonchev–Trinajstić information content (AvgIpc) is 3.52. The number of aromatic nitrogens is 4. The number of anilines is 1. The molecular formula is C28H24BrN5O3S3. The van der Waals surface area contributed by atoms with Crippen molar-refractivity contribution in [1.82, 2.24) is 19.7 Å². The molecule has 2 heterocycles. The van der Waals surface area contributed by atoms with Crippen LogP contribution in [-0.4, -0.2) is 42.9 Å². The minimum Gasteiger partial charge on any atom is -0.485 e. The van der Waals surface area contributed by atoms with Gasteiger partial charge in [0.15, 0.2) is 21.1 Å². The van der Waals surface area contributed by atoms with Crippen molar-refractivity contribution in [1.29, 1.82) is 0 Å². The average molecular weight is 655 g/mol. The Morgan fingerprint density at radius 3 is 2.62 bits per heavy atom. The number of ether oxygens (including phenoxy) is 1. The first kappa shape index (κ1) is 28.3. The van der Waals surface area contributed by atoms with Gasteiger partial charge < -0.3 is 14.6 Å². The Labute approximate surface area is 252 Å². The maximum Gasteiger partial charge on any atom is 0.234 e. The van der Waals surface area contributed by atoms with Crippen molar-refractivity contribution in [2.24, 2.45) is 7.05 Å². The largest absolute Gasteiger partial charge is 0.485 e. The first-order valence-electron chi connectivity index (χ1n) is 12.2. The number of thioether (sulfide) groups is 2. The van der Waals surface area contributed by atoms with Crippen LogP contribution in [0.4, 0.5) is 5.69 Å². The lowest BCUT2D eigenvalue weighted by Crippen LogP contribution is -2.14. The van der Waals surface area contributed by atoms with Crippen LogP contribution in [0.25, 0.3) is 10.2 Å². The third-order valence-electron chi connectivity index (χ3n) is 5.85. The summed E-state index contributed by atoms with van der Waals surface area (Å²) in [5, 5.41) is 12.0. The predicted octanol–water partition coefficient (Wildman–Crippen LogP) is 6.78. The van der Waals surface area contributed by atoms with E-state index in [1.54, 1.807) is 0 Å². The smallest absolute Gasteiger partial charge is 0.234 e. The maximum atomic E-state index is 12.7. The summed E-state index contributed by atoms with van der Waals surface area (Å²) in [4.78, 5) is 29.8. The number of para-hydroxylation sites is 1. The Morgan fingerprint density at radius 1 is 1.02 bits per heavy atom. The molecule has 0 saturated carbocycles. The Bertz CT molecular complexity index is 1670. The molecule has 5 aromatic rings. The van der Waals surface area contributed by atoms with Crippen LogP contribution in [0, 0.1) is 6.92 Å². The number of benzene rings is 3. The van der Waals surface area contributed by atoms with Gasteiger partial charge in [-0.1, -0.05) is 69.8 Å². The second kappa shape index (κ2) is 13.0. The zero-order valence-electron chi connectivity index (χ0n) is 21.6. The number of rotatable bonds is 11. The topological polar surface area (TPSA) is 99.0 Å². The van der Waals surface area contributed by atoms with Crippen LogP contribution in [0.1, 0.15) is 21.7 Å². The molecule has 0 aliphatic heterocycles. The normalized spacial score (nSPS) is 11.1. The second-order valence-corrected chi connectivity index (χ2v) is 12.8. The number of thiazole rings is 1. The van der Waals surface area contributed by atoms with Gasteiger partial charge in [0.05, 0.1) is 21.7 Å². The Hall–Kier alpha value is -3.19. The monoisotopic (exact) mass is 653 g/mol. The van der Waals surface area contributed by atoms with Crippen molar-refractivity contribution in [2.45, 2.75) is 23.0 Å². The number of carbonyl (C=O) groups excluding carboxylic acids is 2. The number of nitrogens with zero attached hydrogens (tertiary/aromatic N) is 4. The number of amides is 1. The van der Waals surface area contributed by atoms with Crippen LogP contribution in [0.2, 0.25) is 0 Å². The minimum atomic E-state index is -0.149. The molecule has 8 nitrogen and oxygen atoms in total. The quantitative estimate of drug-likeness (QED) is 0.123. The van der Waals surface area contributed by atoms with Gasteiger partial charge in [-0.3, -0.25) is 9.59 Å². The highest BCUT2D eigenvalue weighted by atomic mass is 79.9. The van der Waals surface area contributed by atoms with Crippen molar-refractivity contribution in [3.05, 3.63) is 88.2 Å². The number of Topliss-reactive ketones (excluding diaryl/α,β-unsaturated/α-hetero) is 1. The summed E-state index contributed by atoms with van der Waals surface area (Å²) < 4.78 is 10.4. The van der Waals surface area contributed by atoms with Crippen molar-refractivity contribution in [3.8, 4) is 5.75 Å². The molecule has 0 atom stereocenters. The highest BCUT2D eigenvalue weighted by Crippen LogP contribution is 2.32. The van der Waals surface area contributed by atoms with E-state index in [1.165, 1.54) is 34.9 Å². The number of hydrogen-bond donors (Lipinski definition) is 1. The summed E-state index contributed by atoms with van der Waals surface area (Å²) in [6.07, 6.45) is 0. The molecule has 3 aromatic carbocycles. The van der Waals surface area contributed by atoms with E-state index in [0.717, 1.165) is 30.3 Å². The SMILES string of the molecule is Cc1ccccc1OCc1nnc(SCC(=O)Nc2ccc3nc(SCC(=O)c4ccc(Br)cc4)sc3c2)n1C. The summed E-state index contributed by atoms with van der Waals surface area (Å²) in [6, 6.07) is 20.7. The molecule has 204 valence electrons. The lowest BCUT2D eigenvalue weighted by atomic mass is 10.2. The molecule has 1 amide bonds. The van der Waals surface area contributed by atoms with Gasteiger partial charge in [0.25, 0.3) is 0 Å². The molecule has 12 heteroatoms. The zero-order chi connectivity index (χ0) is 28.1. The van der Waals surface area contributed by atoms with Gasteiger partial charge in [-0.25, -0.2) is 4.98 Å². The highest BCUT2D eigenvalue weighted by molar-refractivity contribution is 9.10. The van der Waals surface area contributed by atoms with E-state index in [9.17, 15) is 9.59 Å². The third kappa shape index (κ3) is 7.11. The number of fused-ring (bicyclic) bond motifs is 1. The van der Waals surface area contributed by atoms with Crippen molar-refractivity contribution >= 4 is 78.4 Å². The van der Waals surface area contributed by atoms with E-state index in [1.807, 2.05) is 85.3 Å². The first-order chi connectivity index (χ1) is 19.4. The maximum absolute atomic E-state index is 12.7.